The van der Waals surface area contributed by atoms with Crippen molar-refractivity contribution in [3.63, 3.8) is 0 Å². The summed E-state index contributed by atoms with van der Waals surface area (Å²) in [6, 6.07) is 20.6. The van der Waals surface area contributed by atoms with Crippen molar-refractivity contribution in [1.82, 2.24) is 20.3 Å². The second-order valence-electron chi connectivity index (χ2n) is 6.38. The van der Waals surface area contributed by atoms with Gasteiger partial charge in [-0.1, -0.05) is 30.3 Å². The molecule has 0 atom stereocenters. The smallest absolute Gasteiger partial charge is 0.144 e. The number of H-pyrrole nitrogens is 1. The lowest BCUT2D eigenvalue weighted by Crippen LogP contribution is -2.50. The molecule has 0 amide bonds. The minimum absolute atomic E-state index is 0.560. The van der Waals surface area contributed by atoms with Gasteiger partial charge >= 0.3 is 0 Å². The predicted molar refractivity (Wildman–Crippen MR) is 98.4 cm³/mol. The maximum Gasteiger partial charge on any atom is 0.144 e. The number of fused-ring (bicyclic) bond motifs is 3. The zero-order valence-corrected chi connectivity index (χ0v) is 13.7. The average molecular weight is 326 g/mol. The van der Waals surface area contributed by atoms with Gasteiger partial charge in [0.05, 0.1) is 17.1 Å². The van der Waals surface area contributed by atoms with Crippen LogP contribution in [0.5, 0.6) is 0 Å². The molecule has 1 aliphatic rings. The maximum atomic E-state index is 4.70. The summed E-state index contributed by atoms with van der Waals surface area (Å²) in [5.74, 6) is 0. The number of hydrogen-bond acceptors (Lipinski definition) is 3. The first-order chi connectivity index (χ1) is 12.4. The summed E-state index contributed by atoms with van der Waals surface area (Å²) in [5.41, 5.74) is 5.02. The van der Waals surface area contributed by atoms with Gasteiger partial charge in [-0.25, -0.2) is 0 Å². The third kappa shape index (κ3) is 2.04. The molecule has 0 saturated heterocycles. The second kappa shape index (κ2) is 5.53. The molecule has 25 heavy (non-hydrogen) atoms. The van der Waals surface area contributed by atoms with Gasteiger partial charge in [-0.2, -0.15) is 0 Å². The molecular formula is C21H18N4. The molecule has 0 saturated carbocycles. The van der Waals surface area contributed by atoms with Gasteiger partial charge in [0.25, 0.3) is 0 Å². The molecule has 3 aromatic heterocycles. The van der Waals surface area contributed by atoms with Crippen molar-refractivity contribution in [2.45, 2.75) is 12.0 Å². The van der Waals surface area contributed by atoms with Crippen LogP contribution in [0, 0.1) is 0 Å². The minimum atomic E-state index is -0.560. The van der Waals surface area contributed by atoms with Gasteiger partial charge in [0.2, 0.25) is 0 Å². The number of hydrogen-bond donors (Lipinski definition) is 2. The lowest BCUT2D eigenvalue weighted by Gasteiger charge is -2.37. The summed E-state index contributed by atoms with van der Waals surface area (Å²) in [5, 5.41) is 5.01. The molecule has 4 nitrogen and oxygen atoms in total. The van der Waals surface area contributed by atoms with E-state index in [1.165, 1.54) is 10.9 Å². The minimum Gasteiger partial charge on any atom is -0.356 e. The fourth-order valence-electron chi connectivity index (χ4n) is 3.98. The normalized spacial score (nSPS) is 15.8. The largest absolute Gasteiger partial charge is 0.356 e. The molecule has 4 heteroatoms. The molecule has 4 aromatic rings. The Kier molecular flexibility index (Phi) is 3.18. The molecule has 1 aromatic carbocycles. The van der Waals surface area contributed by atoms with E-state index in [2.05, 4.69) is 46.7 Å². The van der Waals surface area contributed by atoms with E-state index in [1.807, 2.05) is 36.7 Å². The van der Waals surface area contributed by atoms with Crippen LogP contribution in [0.3, 0.4) is 0 Å². The molecule has 0 fully saturated rings. The van der Waals surface area contributed by atoms with Gasteiger partial charge in [0.15, 0.2) is 0 Å². The highest BCUT2D eigenvalue weighted by atomic mass is 15.1. The van der Waals surface area contributed by atoms with Crippen LogP contribution in [0.1, 0.15) is 22.6 Å². The highest BCUT2D eigenvalue weighted by Crippen LogP contribution is 2.41. The van der Waals surface area contributed by atoms with E-state index in [-0.39, 0.29) is 0 Å². The van der Waals surface area contributed by atoms with Gasteiger partial charge in [-0.05, 0) is 42.3 Å². The molecule has 0 bridgehead atoms. The van der Waals surface area contributed by atoms with E-state index < -0.39 is 5.54 Å². The number of rotatable bonds is 2. The summed E-state index contributed by atoms with van der Waals surface area (Å²) < 4.78 is 0. The molecule has 0 spiro atoms. The summed E-state index contributed by atoms with van der Waals surface area (Å²) in [4.78, 5) is 13.1. The topological polar surface area (TPSA) is 53.6 Å². The molecule has 0 aliphatic carbocycles. The van der Waals surface area contributed by atoms with Gasteiger partial charge < -0.3 is 4.98 Å². The van der Waals surface area contributed by atoms with E-state index in [0.717, 1.165) is 35.6 Å². The molecule has 1 aliphatic heterocycles. The van der Waals surface area contributed by atoms with Crippen LogP contribution in [-0.4, -0.2) is 21.5 Å². The van der Waals surface area contributed by atoms with E-state index in [9.17, 15) is 0 Å². The third-order valence-electron chi connectivity index (χ3n) is 5.05. The van der Waals surface area contributed by atoms with E-state index >= 15 is 0 Å². The zero-order valence-electron chi connectivity index (χ0n) is 13.7. The van der Waals surface area contributed by atoms with E-state index in [0.29, 0.717) is 0 Å². The standard InChI is InChI=1S/C21H18N4/c1-2-8-17-15(7-1)16-11-14-24-21(20(16)25-17,18-9-3-5-12-22-18)19-10-4-6-13-23-19/h1-10,12-13,24-25H,11,14H2. The molecule has 2 N–H and O–H groups in total. The molecule has 4 heterocycles. The lowest BCUT2D eigenvalue weighted by atomic mass is 9.80. The number of benzene rings is 1. The van der Waals surface area contributed by atoms with Gasteiger partial charge in [0, 0.05) is 29.8 Å². The summed E-state index contributed by atoms with van der Waals surface area (Å²) in [7, 11) is 0. The van der Waals surface area contributed by atoms with E-state index in [4.69, 9.17) is 9.97 Å². The second-order valence-corrected chi connectivity index (χ2v) is 6.38. The Morgan fingerprint density at radius 3 is 2.16 bits per heavy atom. The lowest BCUT2D eigenvalue weighted by molar-refractivity contribution is 0.418. The van der Waals surface area contributed by atoms with Crippen molar-refractivity contribution in [3.05, 3.63) is 95.7 Å². The number of aromatic nitrogens is 3. The Bertz CT molecular complexity index is 982. The molecule has 0 radical (unpaired) electrons. The first-order valence-electron chi connectivity index (χ1n) is 8.58. The van der Waals surface area contributed by atoms with Crippen molar-refractivity contribution in [3.8, 4) is 0 Å². The monoisotopic (exact) mass is 326 g/mol. The Morgan fingerprint density at radius 2 is 1.48 bits per heavy atom. The van der Waals surface area contributed by atoms with Crippen molar-refractivity contribution >= 4 is 10.9 Å². The first kappa shape index (κ1) is 14.4. The van der Waals surface area contributed by atoms with Crippen LogP contribution in [0.25, 0.3) is 10.9 Å². The van der Waals surface area contributed by atoms with E-state index in [1.54, 1.807) is 0 Å². The number of pyridine rings is 2. The fraction of sp³-hybridized carbons (Fsp3) is 0.143. The summed E-state index contributed by atoms with van der Waals surface area (Å²) in [6.45, 7) is 0.877. The number of aromatic amines is 1. The Morgan fingerprint density at radius 1 is 0.800 bits per heavy atom. The van der Waals surface area contributed by atoms with Crippen LogP contribution < -0.4 is 5.32 Å². The Balaban J connectivity index is 1.88. The van der Waals surface area contributed by atoms with Crippen molar-refractivity contribution in [1.29, 1.82) is 0 Å². The molecular weight excluding hydrogens is 308 g/mol. The highest BCUT2D eigenvalue weighted by molar-refractivity contribution is 5.86. The van der Waals surface area contributed by atoms with Gasteiger partial charge in [-0.15, -0.1) is 0 Å². The van der Waals surface area contributed by atoms with Gasteiger partial charge in [0.1, 0.15) is 5.54 Å². The Labute approximate surface area is 146 Å². The van der Waals surface area contributed by atoms with Crippen molar-refractivity contribution in [2.75, 3.05) is 6.54 Å². The third-order valence-corrected chi connectivity index (χ3v) is 5.05. The first-order valence-corrected chi connectivity index (χ1v) is 8.58. The average Bonchev–Trinajstić information content (AvgIpc) is 3.08. The number of nitrogens with zero attached hydrogens (tertiary/aromatic N) is 2. The summed E-state index contributed by atoms with van der Waals surface area (Å²) in [6.07, 6.45) is 4.68. The summed E-state index contributed by atoms with van der Waals surface area (Å²) >= 11 is 0. The van der Waals surface area contributed by atoms with Crippen LogP contribution in [0.4, 0.5) is 0 Å². The zero-order chi connectivity index (χ0) is 16.7. The number of para-hydroxylation sites is 1. The molecule has 0 unspecified atom stereocenters. The van der Waals surface area contributed by atoms with Crippen molar-refractivity contribution in [2.24, 2.45) is 0 Å². The predicted octanol–water partition coefficient (Wildman–Crippen LogP) is 3.40. The van der Waals surface area contributed by atoms with Gasteiger partial charge in [-0.3, -0.25) is 15.3 Å². The quantitative estimate of drug-likeness (QED) is 0.594. The number of nitrogens with one attached hydrogen (secondary N) is 2. The highest BCUT2D eigenvalue weighted by Gasteiger charge is 2.44. The van der Waals surface area contributed by atoms with Crippen LogP contribution in [0.2, 0.25) is 0 Å². The fourth-order valence-corrected chi connectivity index (χ4v) is 3.98. The maximum absolute atomic E-state index is 4.70. The SMILES string of the molecule is c1ccc(C2(c3ccccn3)NCCc3c2[nH]c2ccccc32)nc1. The van der Waals surface area contributed by atoms with Crippen LogP contribution in [-0.2, 0) is 12.0 Å². The molecule has 5 rings (SSSR count). The molecule has 122 valence electrons. The Hall–Kier alpha value is -2.98. The van der Waals surface area contributed by atoms with Crippen molar-refractivity contribution < 1.29 is 0 Å². The van der Waals surface area contributed by atoms with Crippen LogP contribution >= 0.6 is 0 Å². The van der Waals surface area contributed by atoms with Crippen LogP contribution in [0.15, 0.2) is 73.1 Å².